The molecule has 0 amide bonds. The Labute approximate surface area is 229 Å². The fourth-order valence-corrected chi connectivity index (χ4v) is 6.04. The summed E-state index contributed by atoms with van der Waals surface area (Å²) < 4.78 is 0. The molecule has 0 aliphatic rings. The van der Waals surface area contributed by atoms with E-state index in [4.69, 9.17) is 0 Å². The van der Waals surface area contributed by atoms with Gasteiger partial charge in [-0.1, -0.05) is 107 Å². The van der Waals surface area contributed by atoms with E-state index in [2.05, 4.69) is 140 Å². The van der Waals surface area contributed by atoms with Crippen LogP contribution in [0.2, 0.25) is 0 Å². The Kier molecular flexibility index (Phi) is 6.84. The fraction of sp³-hybridized carbons (Fsp3) is 0.211. The van der Waals surface area contributed by atoms with Crippen LogP contribution in [0.15, 0.2) is 84.9 Å². The molecule has 0 unspecified atom stereocenters. The second-order valence-electron chi connectivity index (χ2n) is 11.1. The molecule has 0 spiro atoms. The van der Waals surface area contributed by atoms with E-state index in [9.17, 15) is 0 Å². The van der Waals surface area contributed by atoms with Crippen molar-refractivity contribution in [3.05, 3.63) is 129 Å². The van der Waals surface area contributed by atoms with Gasteiger partial charge in [-0.25, -0.2) is 0 Å². The molecule has 0 N–H and O–H groups in total. The lowest BCUT2D eigenvalue weighted by atomic mass is 9.76. The van der Waals surface area contributed by atoms with Crippen LogP contribution in [0.1, 0.15) is 44.5 Å². The predicted molar refractivity (Wildman–Crippen MR) is 166 cm³/mol. The summed E-state index contributed by atoms with van der Waals surface area (Å²) in [4.78, 5) is 0. The van der Waals surface area contributed by atoms with Crippen molar-refractivity contribution in [2.45, 2.75) is 55.4 Å². The highest BCUT2D eigenvalue weighted by molar-refractivity contribution is 6.02. The molecule has 0 bridgehead atoms. The standard InChI is InChI=1S/C38H38/c1-23-13-17-31(18-14-23)38-36(32-11-9-10-24(2)21-32)29(7)35(34-22-26(4)12-16-27(34)5)30(8)37(38)33-19-15-25(3)20-28(33)6/h9-22H,1-8H3. The summed E-state index contributed by atoms with van der Waals surface area (Å²) in [6, 6.07) is 31.8. The molecule has 0 atom stereocenters. The van der Waals surface area contributed by atoms with Gasteiger partial charge in [-0.2, -0.15) is 0 Å². The number of aryl methyl sites for hydroxylation is 6. The molecule has 0 aliphatic heterocycles. The Morgan fingerprint density at radius 2 is 0.947 bits per heavy atom. The summed E-state index contributed by atoms with van der Waals surface area (Å²) in [7, 11) is 0. The summed E-state index contributed by atoms with van der Waals surface area (Å²) in [6.45, 7) is 17.9. The van der Waals surface area contributed by atoms with Crippen molar-refractivity contribution in [3.63, 3.8) is 0 Å². The van der Waals surface area contributed by atoms with Crippen molar-refractivity contribution in [1.82, 2.24) is 0 Å². The van der Waals surface area contributed by atoms with E-state index >= 15 is 0 Å². The van der Waals surface area contributed by atoms with E-state index < -0.39 is 0 Å². The highest BCUT2D eigenvalue weighted by Crippen LogP contribution is 2.49. The lowest BCUT2D eigenvalue weighted by Crippen LogP contribution is -2.03. The smallest absolute Gasteiger partial charge is 0.00209 e. The molecule has 0 nitrogen and oxygen atoms in total. The van der Waals surface area contributed by atoms with Gasteiger partial charge in [0.2, 0.25) is 0 Å². The fourth-order valence-electron chi connectivity index (χ4n) is 6.04. The summed E-state index contributed by atoms with van der Waals surface area (Å²) >= 11 is 0. The van der Waals surface area contributed by atoms with E-state index in [0.717, 1.165) is 0 Å². The average molecular weight is 495 g/mol. The topological polar surface area (TPSA) is 0 Å². The molecule has 0 fully saturated rings. The van der Waals surface area contributed by atoms with Crippen LogP contribution >= 0.6 is 0 Å². The van der Waals surface area contributed by atoms with Crippen LogP contribution in [-0.4, -0.2) is 0 Å². The minimum atomic E-state index is 1.26. The zero-order valence-electron chi connectivity index (χ0n) is 24.1. The van der Waals surface area contributed by atoms with Gasteiger partial charge in [-0.3, -0.25) is 0 Å². The predicted octanol–water partition coefficient (Wildman–Crippen LogP) is 10.8. The maximum absolute atomic E-state index is 2.36. The quantitative estimate of drug-likeness (QED) is 0.233. The molecular weight excluding hydrogens is 456 g/mol. The minimum Gasteiger partial charge on any atom is -0.0614 e. The maximum atomic E-state index is 2.36. The Hall–Kier alpha value is -3.90. The summed E-state index contributed by atoms with van der Waals surface area (Å²) in [6.07, 6.45) is 0. The second-order valence-corrected chi connectivity index (χ2v) is 11.1. The van der Waals surface area contributed by atoms with Gasteiger partial charge in [0, 0.05) is 0 Å². The first-order chi connectivity index (χ1) is 18.2. The van der Waals surface area contributed by atoms with Crippen molar-refractivity contribution in [3.8, 4) is 44.5 Å². The first-order valence-corrected chi connectivity index (χ1v) is 13.6. The summed E-state index contributed by atoms with van der Waals surface area (Å²) in [5, 5.41) is 0. The SMILES string of the molecule is Cc1ccc(-c2c(-c3cccc(C)c3)c(C)c(-c3cc(C)ccc3C)c(C)c2-c2ccc(C)cc2C)cc1. The number of hydrogen-bond donors (Lipinski definition) is 0. The third-order valence-electron chi connectivity index (χ3n) is 7.96. The van der Waals surface area contributed by atoms with Gasteiger partial charge in [0.05, 0.1) is 0 Å². The van der Waals surface area contributed by atoms with Gasteiger partial charge in [-0.05, 0) is 122 Å². The molecule has 0 aromatic heterocycles. The molecule has 0 aliphatic carbocycles. The van der Waals surface area contributed by atoms with Crippen molar-refractivity contribution in [2.24, 2.45) is 0 Å². The van der Waals surface area contributed by atoms with Gasteiger partial charge < -0.3 is 0 Å². The summed E-state index contributed by atoms with van der Waals surface area (Å²) in [5.41, 5.74) is 21.0. The van der Waals surface area contributed by atoms with Gasteiger partial charge >= 0.3 is 0 Å². The lowest BCUT2D eigenvalue weighted by molar-refractivity contribution is 1.31. The van der Waals surface area contributed by atoms with E-state index in [0.29, 0.717) is 0 Å². The van der Waals surface area contributed by atoms with Crippen LogP contribution in [-0.2, 0) is 0 Å². The van der Waals surface area contributed by atoms with Gasteiger partial charge in [0.15, 0.2) is 0 Å². The van der Waals surface area contributed by atoms with Crippen molar-refractivity contribution in [2.75, 3.05) is 0 Å². The zero-order chi connectivity index (χ0) is 27.1. The average Bonchev–Trinajstić information content (AvgIpc) is 2.87. The van der Waals surface area contributed by atoms with Crippen molar-refractivity contribution >= 4 is 0 Å². The third-order valence-corrected chi connectivity index (χ3v) is 7.96. The van der Waals surface area contributed by atoms with Crippen molar-refractivity contribution < 1.29 is 0 Å². The van der Waals surface area contributed by atoms with E-state index in [1.54, 1.807) is 0 Å². The van der Waals surface area contributed by atoms with E-state index in [1.165, 1.54) is 89.0 Å². The summed E-state index contributed by atoms with van der Waals surface area (Å²) in [5.74, 6) is 0. The Morgan fingerprint density at radius 3 is 1.63 bits per heavy atom. The number of benzene rings is 5. The number of rotatable bonds is 4. The van der Waals surface area contributed by atoms with Crippen LogP contribution in [0.25, 0.3) is 44.5 Å². The minimum absolute atomic E-state index is 1.26. The maximum Gasteiger partial charge on any atom is -0.00209 e. The van der Waals surface area contributed by atoms with Crippen LogP contribution in [0.5, 0.6) is 0 Å². The first-order valence-electron chi connectivity index (χ1n) is 13.6. The molecule has 5 rings (SSSR count). The van der Waals surface area contributed by atoms with E-state index in [-0.39, 0.29) is 0 Å². The van der Waals surface area contributed by atoms with Gasteiger partial charge in [0.25, 0.3) is 0 Å². The first kappa shape index (κ1) is 25.7. The Bertz CT molecular complexity index is 1660. The molecule has 5 aromatic rings. The van der Waals surface area contributed by atoms with Crippen LogP contribution < -0.4 is 0 Å². The molecule has 5 aromatic carbocycles. The third kappa shape index (κ3) is 4.61. The molecule has 0 heterocycles. The zero-order valence-corrected chi connectivity index (χ0v) is 24.1. The van der Waals surface area contributed by atoms with Gasteiger partial charge in [0.1, 0.15) is 0 Å². The molecule has 0 saturated carbocycles. The Balaban J connectivity index is 2.04. The van der Waals surface area contributed by atoms with Crippen LogP contribution in [0.4, 0.5) is 0 Å². The van der Waals surface area contributed by atoms with Crippen LogP contribution in [0, 0.1) is 55.4 Å². The normalized spacial score (nSPS) is 11.2. The van der Waals surface area contributed by atoms with Crippen LogP contribution in [0.3, 0.4) is 0 Å². The van der Waals surface area contributed by atoms with Crippen molar-refractivity contribution in [1.29, 1.82) is 0 Å². The molecule has 0 saturated heterocycles. The monoisotopic (exact) mass is 494 g/mol. The molecule has 0 radical (unpaired) electrons. The Morgan fingerprint density at radius 1 is 0.342 bits per heavy atom. The highest BCUT2D eigenvalue weighted by Gasteiger charge is 2.25. The van der Waals surface area contributed by atoms with Gasteiger partial charge in [-0.15, -0.1) is 0 Å². The molecule has 38 heavy (non-hydrogen) atoms. The molecular formula is C38H38. The largest absolute Gasteiger partial charge is 0.0614 e. The highest BCUT2D eigenvalue weighted by atomic mass is 14.3. The second kappa shape index (κ2) is 10.1. The molecule has 0 heteroatoms. The number of hydrogen-bond acceptors (Lipinski definition) is 0. The van der Waals surface area contributed by atoms with E-state index in [1.807, 2.05) is 0 Å². The molecule has 190 valence electrons. The lowest BCUT2D eigenvalue weighted by Gasteiger charge is -2.27.